The lowest BCUT2D eigenvalue weighted by atomic mass is 10.2. The highest BCUT2D eigenvalue weighted by Crippen LogP contribution is 2.39. The second kappa shape index (κ2) is 9.72. The molecule has 8 nitrogen and oxygen atoms in total. The number of rotatable bonds is 7. The summed E-state index contributed by atoms with van der Waals surface area (Å²) in [5.74, 6) is 0.372. The predicted octanol–water partition coefficient (Wildman–Crippen LogP) is 4.37. The van der Waals surface area contributed by atoms with E-state index in [1.807, 2.05) is 6.92 Å². The fourth-order valence-corrected chi connectivity index (χ4v) is 6.21. The fraction of sp³-hybridized carbons (Fsp3) is 0.190. The Morgan fingerprint density at radius 3 is 2.82 bits per heavy atom. The Bertz CT molecular complexity index is 1300. The summed E-state index contributed by atoms with van der Waals surface area (Å²) in [6, 6.07) is 11.1. The largest absolute Gasteiger partial charge is 0.476 e. The Morgan fingerprint density at radius 1 is 1.33 bits per heavy atom. The van der Waals surface area contributed by atoms with E-state index in [0.29, 0.717) is 20.2 Å². The maximum Gasteiger partial charge on any atom is 0.269 e. The summed E-state index contributed by atoms with van der Waals surface area (Å²) in [4.78, 5) is 13.1. The molecule has 2 heterocycles. The van der Waals surface area contributed by atoms with E-state index in [2.05, 4.69) is 22.1 Å². The van der Waals surface area contributed by atoms with Crippen molar-refractivity contribution in [2.75, 3.05) is 21.9 Å². The third-order valence-electron chi connectivity index (χ3n) is 4.65. The van der Waals surface area contributed by atoms with Crippen LogP contribution in [0.15, 0.2) is 64.4 Å². The maximum atomic E-state index is 13.5. The van der Waals surface area contributed by atoms with Crippen molar-refractivity contribution in [3.63, 3.8) is 0 Å². The van der Waals surface area contributed by atoms with Crippen molar-refractivity contribution in [3.8, 4) is 5.75 Å². The number of nitrogens with zero attached hydrogens (tertiary/aromatic N) is 3. The van der Waals surface area contributed by atoms with E-state index < -0.39 is 22.0 Å². The first-order valence-corrected chi connectivity index (χ1v) is 13.3. The number of amides is 1. The Hall–Kier alpha value is -2.60. The van der Waals surface area contributed by atoms with Gasteiger partial charge in [0.1, 0.15) is 5.75 Å². The SMILES string of the molecule is C=CCSc1nnc(NC(=O)C2CN(S(=O)(=O)c3ccc(C)cc3)c3cc(Cl)ccc3O2)s1. The van der Waals surface area contributed by atoms with Crippen LogP contribution in [0.4, 0.5) is 10.8 Å². The Balaban J connectivity index is 1.62. The average Bonchev–Trinajstić information content (AvgIpc) is 3.24. The monoisotopic (exact) mass is 522 g/mol. The third-order valence-corrected chi connectivity index (χ3v) is 8.65. The average molecular weight is 523 g/mol. The molecule has 12 heteroatoms. The molecule has 0 saturated heterocycles. The number of sulfonamides is 1. The number of anilines is 2. The summed E-state index contributed by atoms with van der Waals surface area (Å²) in [6.07, 6.45) is 0.638. The predicted molar refractivity (Wildman–Crippen MR) is 131 cm³/mol. The minimum absolute atomic E-state index is 0.105. The molecular formula is C21H19ClN4O4S3. The van der Waals surface area contributed by atoms with Crippen LogP contribution in [0, 0.1) is 6.92 Å². The summed E-state index contributed by atoms with van der Waals surface area (Å²) in [5.41, 5.74) is 1.20. The Morgan fingerprint density at radius 2 is 2.09 bits per heavy atom. The smallest absolute Gasteiger partial charge is 0.269 e. The first kappa shape index (κ1) is 23.6. The number of hydrogen-bond acceptors (Lipinski definition) is 8. The van der Waals surface area contributed by atoms with Gasteiger partial charge in [0.25, 0.3) is 15.9 Å². The topological polar surface area (TPSA) is 101 Å². The molecule has 1 unspecified atom stereocenters. The van der Waals surface area contributed by atoms with E-state index in [-0.39, 0.29) is 22.9 Å². The van der Waals surface area contributed by atoms with Crippen molar-refractivity contribution in [3.05, 3.63) is 65.7 Å². The van der Waals surface area contributed by atoms with Crippen LogP contribution in [0.1, 0.15) is 5.56 Å². The third kappa shape index (κ3) is 5.16. The van der Waals surface area contributed by atoms with Gasteiger partial charge in [0.2, 0.25) is 5.13 Å². The number of aryl methyl sites for hydroxylation is 1. The number of benzene rings is 2. The van der Waals surface area contributed by atoms with E-state index in [9.17, 15) is 13.2 Å². The van der Waals surface area contributed by atoms with Crippen molar-refractivity contribution in [1.29, 1.82) is 0 Å². The van der Waals surface area contributed by atoms with Gasteiger partial charge in [-0.1, -0.05) is 58.5 Å². The lowest BCUT2D eigenvalue weighted by Gasteiger charge is -2.34. The van der Waals surface area contributed by atoms with Crippen LogP contribution in [-0.4, -0.2) is 42.9 Å². The first-order valence-electron chi connectivity index (χ1n) is 9.71. The number of aromatic nitrogens is 2. The quantitative estimate of drug-likeness (QED) is 0.279. The van der Waals surface area contributed by atoms with E-state index in [1.165, 1.54) is 41.3 Å². The number of halogens is 1. The zero-order valence-corrected chi connectivity index (χ0v) is 20.6. The number of hydrogen-bond donors (Lipinski definition) is 1. The number of ether oxygens (including phenoxy) is 1. The van der Waals surface area contributed by atoms with Crippen molar-refractivity contribution < 1.29 is 17.9 Å². The molecule has 0 radical (unpaired) electrons. The molecule has 0 fully saturated rings. The standard InChI is InChI=1S/C21H19ClN4O4S3/c1-3-10-31-21-25-24-20(32-21)23-19(27)18-12-26(16-11-14(22)6-9-17(16)30-18)33(28,29)15-7-4-13(2)5-8-15/h3-9,11,18H,1,10,12H2,2H3,(H,23,24,27). The van der Waals surface area contributed by atoms with Gasteiger partial charge < -0.3 is 4.74 Å². The number of carbonyl (C=O) groups is 1. The summed E-state index contributed by atoms with van der Waals surface area (Å²) in [6.45, 7) is 5.30. The summed E-state index contributed by atoms with van der Waals surface area (Å²) in [5, 5.41) is 11.3. The van der Waals surface area contributed by atoms with E-state index in [0.717, 1.165) is 9.87 Å². The van der Waals surface area contributed by atoms with E-state index in [1.54, 1.807) is 30.3 Å². The Labute approximate surface area is 204 Å². The number of fused-ring (bicyclic) bond motifs is 1. The van der Waals surface area contributed by atoms with Crippen LogP contribution in [0.5, 0.6) is 5.75 Å². The molecule has 1 atom stereocenters. The molecule has 1 amide bonds. The van der Waals surface area contributed by atoms with Gasteiger partial charge in [-0.2, -0.15) is 0 Å². The fourth-order valence-electron chi connectivity index (χ4n) is 3.06. The van der Waals surface area contributed by atoms with Crippen molar-refractivity contribution in [2.45, 2.75) is 22.3 Å². The molecule has 33 heavy (non-hydrogen) atoms. The normalized spacial score (nSPS) is 15.5. The van der Waals surface area contributed by atoms with Crippen LogP contribution in [0.3, 0.4) is 0 Å². The highest BCUT2D eigenvalue weighted by Gasteiger charge is 2.38. The minimum Gasteiger partial charge on any atom is -0.476 e. The van der Waals surface area contributed by atoms with Gasteiger partial charge in [-0.05, 0) is 37.3 Å². The van der Waals surface area contributed by atoms with Crippen molar-refractivity contribution in [2.24, 2.45) is 0 Å². The minimum atomic E-state index is -3.98. The van der Waals surface area contributed by atoms with Crippen molar-refractivity contribution >= 4 is 61.4 Å². The van der Waals surface area contributed by atoms with E-state index in [4.69, 9.17) is 16.3 Å². The molecular weight excluding hydrogens is 504 g/mol. The van der Waals surface area contributed by atoms with E-state index >= 15 is 0 Å². The van der Waals surface area contributed by atoms with Gasteiger partial charge >= 0.3 is 0 Å². The molecule has 1 aliphatic rings. The molecule has 0 spiro atoms. The number of carbonyl (C=O) groups excluding carboxylic acids is 1. The molecule has 3 aromatic rings. The van der Waals surface area contributed by atoms with Crippen molar-refractivity contribution in [1.82, 2.24) is 10.2 Å². The molecule has 4 rings (SSSR count). The molecule has 2 aromatic carbocycles. The molecule has 0 aliphatic carbocycles. The van der Waals surface area contributed by atoms with Crippen LogP contribution < -0.4 is 14.4 Å². The van der Waals surface area contributed by atoms with Gasteiger partial charge in [-0.15, -0.1) is 16.8 Å². The molecule has 0 saturated carbocycles. The lowest BCUT2D eigenvalue weighted by Crippen LogP contribution is -2.48. The molecule has 1 N–H and O–H groups in total. The van der Waals surface area contributed by atoms with Crippen LogP contribution in [-0.2, 0) is 14.8 Å². The highest BCUT2D eigenvalue weighted by molar-refractivity contribution is 8.01. The zero-order chi connectivity index (χ0) is 23.6. The summed E-state index contributed by atoms with van der Waals surface area (Å²) < 4.78 is 34.6. The van der Waals surface area contributed by atoms with Gasteiger partial charge in [0.05, 0.1) is 17.1 Å². The Kier molecular flexibility index (Phi) is 6.94. The van der Waals surface area contributed by atoms with Crippen LogP contribution in [0.25, 0.3) is 0 Å². The highest BCUT2D eigenvalue weighted by atomic mass is 35.5. The zero-order valence-electron chi connectivity index (χ0n) is 17.4. The number of nitrogens with one attached hydrogen (secondary N) is 1. The van der Waals surface area contributed by atoms with Gasteiger partial charge in [-0.3, -0.25) is 14.4 Å². The first-order chi connectivity index (χ1) is 15.8. The lowest BCUT2D eigenvalue weighted by molar-refractivity contribution is -0.122. The van der Waals surface area contributed by atoms with Crippen LogP contribution >= 0.6 is 34.7 Å². The van der Waals surface area contributed by atoms with Crippen LogP contribution in [0.2, 0.25) is 5.02 Å². The second-order valence-electron chi connectivity index (χ2n) is 7.03. The van der Waals surface area contributed by atoms with Gasteiger partial charge in [-0.25, -0.2) is 8.42 Å². The van der Waals surface area contributed by atoms with Gasteiger partial charge in [0.15, 0.2) is 10.4 Å². The molecule has 1 aliphatic heterocycles. The second-order valence-corrected chi connectivity index (χ2v) is 11.6. The maximum absolute atomic E-state index is 13.5. The number of thioether (sulfide) groups is 1. The molecule has 0 bridgehead atoms. The molecule has 172 valence electrons. The summed E-state index contributed by atoms with van der Waals surface area (Å²) >= 11 is 8.78. The molecule has 1 aromatic heterocycles. The summed E-state index contributed by atoms with van der Waals surface area (Å²) in [7, 11) is -3.98. The van der Waals surface area contributed by atoms with Gasteiger partial charge in [0, 0.05) is 10.8 Å².